The Morgan fingerprint density at radius 2 is 1.58 bits per heavy atom. The van der Waals surface area contributed by atoms with Gasteiger partial charge in [-0.2, -0.15) is 0 Å². The van der Waals surface area contributed by atoms with Gasteiger partial charge in [0.2, 0.25) is 5.91 Å². The summed E-state index contributed by atoms with van der Waals surface area (Å²) in [5, 5.41) is 3.44. The molecule has 2 aliphatic rings. The third-order valence-electron chi connectivity index (χ3n) is 5.33. The molecule has 2 aliphatic heterocycles. The quantitative estimate of drug-likeness (QED) is 0.871. The molecule has 124 valence electrons. The van der Waals surface area contributed by atoms with Crippen molar-refractivity contribution in [2.24, 2.45) is 5.92 Å². The zero-order chi connectivity index (χ0) is 16.5. The van der Waals surface area contributed by atoms with Crippen LogP contribution in [0.3, 0.4) is 0 Å². The fourth-order valence-corrected chi connectivity index (χ4v) is 4.08. The van der Waals surface area contributed by atoms with Gasteiger partial charge in [-0.3, -0.25) is 4.79 Å². The molecular formula is C21H24N2O. The third kappa shape index (κ3) is 2.84. The van der Waals surface area contributed by atoms with E-state index in [1.165, 1.54) is 22.3 Å². The third-order valence-corrected chi connectivity index (χ3v) is 5.33. The molecule has 0 aliphatic carbocycles. The molecule has 1 N–H and O–H groups in total. The first-order chi connectivity index (χ1) is 11.7. The first-order valence-electron chi connectivity index (χ1n) is 8.90. The summed E-state index contributed by atoms with van der Waals surface area (Å²) in [5.41, 5.74) is 5.03. The molecule has 0 spiro atoms. The van der Waals surface area contributed by atoms with Crippen LogP contribution in [0.15, 0.2) is 48.5 Å². The molecule has 4 rings (SSSR count). The first kappa shape index (κ1) is 15.4. The van der Waals surface area contributed by atoms with Crippen molar-refractivity contribution < 1.29 is 4.79 Å². The van der Waals surface area contributed by atoms with E-state index < -0.39 is 0 Å². The van der Waals surface area contributed by atoms with Gasteiger partial charge in [0.1, 0.15) is 0 Å². The van der Waals surface area contributed by atoms with Crippen molar-refractivity contribution in [2.75, 3.05) is 6.54 Å². The summed E-state index contributed by atoms with van der Waals surface area (Å²) in [5.74, 6) is 0.466. The van der Waals surface area contributed by atoms with E-state index in [2.05, 4.69) is 65.7 Å². The zero-order valence-electron chi connectivity index (χ0n) is 14.2. The van der Waals surface area contributed by atoms with Crippen molar-refractivity contribution in [1.82, 2.24) is 10.2 Å². The van der Waals surface area contributed by atoms with E-state index in [0.717, 1.165) is 19.4 Å². The summed E-state index contributed by atoms with van der Waals surface area (Å²) in [6.07, 6.45) is 1.89. The van der Waals surface area contributed by atoms with Crippen molar-refractivity contribution in [3.05, 3.63) is 59.7 Å². The van der Waals surface area contributed by atoms with Crippen molar-refractivity contribution in [1.29, 1.82) is 0 Å². The molecule has 0 saturated carbocycles. The van der Waals surface area contributed by atoms with E-state index in [9.17, 15) is 4.79 Å². The Labute approximate surface area is 143 Å². The highest BCUT2D eigenvalue weighted by molar-refractivity contribution is 5.81. The Morgan fingerprint density at radius 3 is 2.17 bits per heavy atom. The molecule has 3 heteroatoms. The summed E-state index contributed by atoms with van der Waals surface area (Å²) in [4.78, 5) is 15.2. The van der Waals surface area contributed by atoms with Crippen LogP contribution < -0.4 is 5.32 Å². The second-order valence-electron chi connectivity index (χ2n) is 7.09. The van der Waals surface area contributed by atoms with Gasteiger partial charge >= 0.3 is 0 Å². The Bertz CT molecular complexity index is 708. The minimum atomic E-state index is 0.152. The average Bonchev–Trinajstić information content (AvgIpc) is 2.78. The molecule has 1 fully saturated rings. The van der Waals surface area contributed by atoms with Gasteiger partial charge in [-0.15, -0.1) is 0 Å². The van der Waals surface area contributed by atoms with Crippen molar-refractivity contribution in [3.63, 3.8) is 0 Å². The number of rotatable bonds is 1. The van der Waals surface area contributed by atoms with Gasteiger partial charge in [0.25, 0.3) is 0 Å². The van der Waals surface area contributed by atoms with E-state index in [-0.39, 0.29) is 5.92 Å². The van der Waals surface area contributed by atoms with Gasteiger partial charge in [0.05, 0.1) is 0 Å². The maximum absolute atomic E-state index is 13.2. The molecule has 3 nitrogen and oxygen atoms in total. The topological polar surface area (TPSA) is 32.3 Å². The highest BCUT2D eigenvalue weighted by Crippen LogP contribution is 2.33. The average molecular weight is 320 g/mol. The summed E-state index contributed by atoms with van der Waals surface area (Å²) < 4.78 is 0. The lowest BCUT2D eigenvalue weighted by Gasteiger charge is -2.32. The molecule has 0 aromatic heterocycles. The van der Waals surface area contributed by atoms with Gasteiger partial charge < -0.3 is 10.2 Å². The Balaban J connectivity index is 1.68. The molecule has 2 aromatic rings. The molecule has 2 aromatic carbocycles. The van der Waals surface area contributed by atoms with Gasteiger partial charge in [-0.25, -0.2) is 0 Å². The number of amides is 1. The van der Waals surface area contributed by atoms with Crippen LogP contribution in [-0.2, 0) is 17.9 Å². The Hall–Kier alpha value is -2.13. The molecule has 2 atom stereocenters. The number of fused-ring (bicyclic) bond motifs is 3. The van der Waals surface area contributed by atoms with Crippen LogP contribution in [0, 0.1) is 5.92 Å². The van der Waals surface area contributed by atoms with Gasteiger partial charge in [0.15, 0.2) is 0 Å². The van der Waals surface area contributed by atoms with Crippen LogP contribution in [0.4, 0.5) is 0 Å². The zero-order valence-corrected chi connectivity index (χ0v) is 14.2. The van der Waals surface area contributed by atoms with Crippen molar-refractivity contribution in [2.45, 2.75) is 38.9 Å². The minimum Gasteiger partial charge on any atom is -0.334 e. The van der Waals surface area contributed by atoms with E-state index >= 15 is 0 Å². The van der Waals surface area contributed by atoms with E-state index in [1.807, 2.05) is 0 Å². The predicted molar refractivity (Wildman–Crippen MR) is 96.3 cm³/mol. The normalized spacial score (nSPS) is 23.1. The van der Waals surface area contributed by atoms with Crippen LogP contribution in [-0.4, -0.2) is 23.4 Å². The van der Waals surface area contributed by atoms with E-state index in [1.54, 1.807) is 0 Å². The molecule has 0 unspecified atom stereocenters. The fourth-order valence-electron chi connectivity index (χ4n) is 4.08. The summed E-state index contributed by atoms with van der Waals surface area (Å²) in [6.45, 7) is 4.54. The van der Waals surface area contributed by atoms with Crippen molar-refractivity contribution in [3.8, 4) is 11.1 Å². The lowest BCUT2D eigenvalue weighted by atomic mass is 9.92. The maximum Gasteiger partial charge on any atom is 0.226 e. The summed E-state index contributed by atoms with van der Waals surface area (Å²) in [7, 11) is 0. The highest BCUT2D eigenvalue weighted by Gasteiger charge is 2.30. The van der Waals surface area contributed by atoms with E-state index in [4.69, 9.17) is 0 Å². The van der Waals surface area contributed by atoms with Gasteiger partial charge in [-0.05, 0) is 48.6 Å². The second-order valence-corrected chi connectivity index (χ2v) is 7.09. The number of nitrogens with zero attached hydrogens (tertiary/aromatic N) is 1. The standard InChI is InChI=1S/C21H24N2O/c1-15-12-16(10-11-22-15)21(24)23-13-17-6-2-4-8-19(17)20-9-5-3-7-18(20)14-23/h2-9,15-16,22H,10-14H2,1H3/t15-,16-/m0/s1. The van der Waals surface area contributed by atoms with Crippen LogP contribution in [0.2, 0.25) is 0 Å². The number of nitrogens with one attached hydrogen (secondary N) is 1. The number of hydrogen-bond acceptors (Lipinski definition) is 2. The molecule has 2 heterocycles. The number of carbonyl (C=O) groups is 1. The SMILES string of the molecule is C[C@H]1C[C@@H](C(=O)N2Cc3ccccc3-c3ccccc3C2)CCN1. The molecule has 1 amide bonds. The largest absolute Gasteiger partial charge is 0.334 e. The monoisotopic (exact) mass is 320 g/mol. The predicted octanol–water partition coefficient (Wildman–Crippen LogP) is 3.58. The first-order valence-corrected chi connectivity index (χ1v) is 8.90. The summed E-state index contributed by atoms with van der Waals surface area (Å²) in [6, 6.07) is 17.4. The second kappa shape index (κ2) is 6.40. The minimum absolute atomic E-state index is 0.152. The highest BCUT2D eigenvalue weighted by atomic mass is 16.2. The smallest absolute Gasteiger partial charge is 0.226 e. The molecule has 1 saturated heterocycles. The lowest BCUT2D eigenvalue weighted by molar-refractivity contribution is -0.138. The number of hydrogen-bond donors (Lipinski definition) is 1. The summed E-state index contributed by atoms with van der Waals surface area (Å²) >= 11 is 0. The van der Waals surface area contributed by atoms with Crippen molar-refractivity contribution >= 4 is 5.91 Å². The van der Waals surface area contributed by atoms with Gasteiger partial charge in [0, 0.05) is 25.0 Å². The molecule has 24 heavy (non-hydrogen) atoms. The Kier molecular flexibility index (Phi) is 4.11. The van der Waals surface area contributed by atoms with Crippen LogP contribution in [0.5, 0.6) is 0 Å². The fraction of sp³-hybridized carbons (Fsp3) is 0.381. The van der Waals surface area contributed by atoms with E-state index in [0.29, 0.717) is 25.0 Å². The number of carbonyl (C=O) groups excluding carboxylic acids is 1. The molecular weight excluding hydrogens is 296 g/mol. The van der Waals surface area contributed by atoms with Crippen LogP contribution in [0.1, 0.15) is 30.9 Å². The molecule has 0 radical (unpaired) electrons. The number of piperidine rings is 1. The number of benzene rings is 2. The Morgan fingerprint density at radius 1 is 1.00 bits per heavy atom. The van der Waals surface area contributed by atoms with Crippen LogP contribution >= 0.6 is 0 Å². The van der Waals surface area contributed by atoms with Crippen LogP contribution in [0.25, 0.3) is 11.1 Å². The molecule has 0 bridgehead atoms. The van der Waals surface area contributed by atoms with Gasteiger partial charge in [-0.1, -0.05) is 48.5 Å². The lowest BCUT2D eigenvalue weighted by Crippen LogP contribution is -2.43. The maximum atomic E-state index is 13.2.